The molecule has 0 aliphatic carbocycles. The van der Waals surface area contributed by atoms with Crippen LogP contribution in [0.15, 0.2) is 54.2 Å². The molecular formula is C25H27N5O5. The number of rotatable bonds is 8. The third-order valence-electron chi connectivity index (χ3n) is 6.55. The maximum atomic E-state index is 13.9. The van der Waals surface area contributed by atoms with E-state index in [0.717, 1.165) is 13.1 Å². The topological polar surface area (TPSA) is 125 Å². The van der Waals surface area contributed by atoms with E-state index in [1.54, 1.807) is 41.8 Å². The number of carbonyl (C=O) groups is 2. The Kier molecular flexibility index (Phi) is 6.65. The molecule has 35 heavy (non-hydrogen) atoms. The molecule has 1 aliphatic heterocycles. The van der Waals surface area contributed by atoms with E-state index in [1.165, 1.54) is 28.0 Å². The molecule has 0 radical (unpaired) electrons. The van der Waals surface area contributed by atoms with Crippen molar-refractivity contribution in [3.63, 3.8) is 0 Å². The molecule has 0 bridgehead atoms. The highest BCUT2D eigenvalue weighted by atomic mass is 16.6. The van der Waals surface area contributed by atoms with E-state index in [1.807, 2.05) is 13.8 Å². The number of nitro benzene ring substituents is 1. The third kappa shape index (κ3) is 4.28. The Bertz CT molecular complexity index is 1340. The second-order valence-corrected chi connectivity index (χ2v) is 8.51. The summed E-state index contributed by atoms with van der Waals surface area (Å²) in [5, 5.41) is 25.3. The van der Waals surface area contributed by atoms with Crippen molar-refractivity contribution in [2.24, 2.45) is 0 Å². The van der Waals surface area contributed by atoms with Gasteiger partial charge in [-0.15, -0.1) is 0 Å². The van der Waals surface area contributed by atoms with Crippen LogP contribution in [0.3, 0.4) is 0 Å². The van der Waals surface area contributed by atoms with Gasteiger partial charge in [0.2, 0.25) is 5.78 Å². The van der Waals surface area contributed by atoms with Crippen LogP contribution in [0.5, 0.6) is 0 Å². The van der Waals surface area contributed by atoms with Gasteiger partial charge in [-0.2, -0.15) is 0 Å². The third-order valence-corrected chi connectivity index (χ3v) is 6.55. The molecule has 10 heteroatoms. The molecule has 1 N–H and O–H groups in total. The van der Waals surface area contributed by atoms with E-state index in [0.29, 0.717) is 23.4 Å². The lowest BCUT2D eigenvalue weighted by Crippen LogP contribution is -3.12. The summed E-state index contributed by atoms with van der Waals surface area (Å²) in [6.45, 7) is 8.22. The normalized spacial score (nSPS) is 17.6. The number of aromatic nitrogens is 2. The predicted molar refractivity (Wildman–Crippen MR) is 126 cm³/mol. The van der Waals surface area contributed by atoms with E-state index in [9.17, 15) is 24.8 Å². The maximum Gasteiger partial charge on any atom is 0.295 e. The van der Waals surface area contributed by atoms with Crippen LogP contribution in [0.2, 0.25) is 0 Å². The second-order valence-electron chi connectivity index (χ2n) is 8.51. The number of quaternary nitrogens is 1. The number of amides is 1. The number of nitrogens with zero attached hydrogens (tertiary/aromatic N) is 4. The van der Waals surface area contributed by atoms with Crippen molar-refractivity contribution in [1.82, 2.24) is 14.3 Å². The maximum absolute atomic E-state index is 13.9. The number of imidazole rings is 1. The van der Waals surface area contributed by atoms with Gasteiger partial charge in [-0.3, -0.25) is 19.7 Å². The van der Waals surface area contributed by atoms with Gasteiger partial charge in [0.05, 0.1) is 48.5 Å². The molecule has 0 saturated carbocycles. The van der Waals surface area contributed by atoms with Crippen molar-refractivity contribution in [1.29, 1.82) is 0 Å². The van der Waals surface area contributed by atoms with Crippen molar-refractivity contribution < 1.29 is 24.5 Å². The van der Waals surface area contributed by atoms with E-state index in [-0.39, 0.29) is 23.5 Å². The zero-order chi connectivity index (χ0) is 25.3. The molecule has 1 saturated heterocycles. The van der Waals surface area contributed by atoms with Crippen molar-refractivity contribution in [3.8, 4) is 0 Å². The highest BCUT2D eigenvalue weighted by molar-refractivity contribution is 6.46. The zero-order valence-corrected chi connectivity index (χ0v) is 19.9. The van der Waals surface area contributed by atoms with Gasteiger partial charge in [0.25, 0.3) is 11.6 Å². The summed E-state index contributed by atoms with van der Waals surface area (Å²) in [6, 6.07) is 10.0. The van der Waals surface area contributed by atoms with Gasteiger partial charge in [0.15, 0.2) is 0 Å². The molecule has 1 aromatic carbocycles. The Balaban J connectivity index is 1.91. The number of benzene rings is 1. The molecule has 1 aliphatic rings. The van der Waals surface area contributed by atoms with Crippen LogP contribution in [-0.4, -0.2) is 57.1 Å². The van der Waals surface area contributed by atoms with Crippen molar-refractivity contribution in [2.45, 2.75) is 26.8 Å². The largest absolute Gasteiger partial charge is 0.871 e. The number of hydrogen-bond acceptors (Lipinski definition) is 6. The molecular weight excluding hydrogens is 450 g/mol. The first-order valence-electron chi connectivity index (χ1n) is 11.6. The summed E-state index contributed by atoms with van der Waals surface area (Å²) in [5.74, 6) is -2.26. The number of likely N-dealkylation sites (N-methyl/N-ethyl adjacent to an activating group) is 1. The average molecular weight is 478 g/mol. The second kappa shape index (κ2) is 9.67. The van der Waals surface area contributed by atoms with E-state index in [4.69, 9.17) is 0 Å². The Labute approximate surface area is 202 Å². The number of pyridine rings is 1. The fourth-order valence-corrected chi connectivity index (χ4v) is 4.65. The number of likely N-dealkylation sites (tertiary alicyclic amines) is 1. The summed E-state index contributed by atoms with van der Waals surface area (Å²) in [4.78, 5) is 44.3. The molecule has 3 heterocycles. The first-order valence-corrected chi connectivity index (χ1v) is 11.6. The fourth-order valence-electron chi connectivity index (χ4n) is 4.65. The van der Waals surface area contributed by atoms with Gasteiger partial charge in [-0.25, -0.2) is 4.98 Å². The monoisotopic (exact) mass is 477 g/mol. The molecule has 1 unspecified atom stereocenters. The number of hydrogen-bond donors (Lipinski definition) is 1. The quantitative estimate of drug-likeness (QED) is 0.167. The van der Waals surface area contributed by atoms with Crippen LogP contribution >= 0.6 is 0 Å². The molecule has 1 amide bonds. The number of ketones is 1. The predicted octanol–water partition coefficient (Wildman–Crippen LogP) is 0.700. The Morgan fingerprint density at radius 2 is 1.89 bits per heavy atom. The minimum absolute atomic E-state index is 0.179. The van der Waals surface area contributed by atoms with E-state index >= 15 is 0 Å². The number of fused-ring (bicyclic) bond motifs is 1. The first kappa shape index (κ1) is 24.1. The molecule has 0 spiro atoms. The van der Waals surface area contributed by atoms with Gasteiger partial charge in [-0.05, 0) is 38.5 Å². The van der Waals surface area contributed by atoms with Crippen molar-refractivity contribution in [3.05, 3.63) is 81.3 Å². The summed E-state index contributed by atoms with van der Waals surface area (Å²) in [6.07, 6.45) is 1.67. The van der Waals surface area contributed by atoms with Gasteiger partial charge < -0.3 is 19.3 Å². The Hall–Kier alpha value is -4.05. The van der Waals surface area contributed by atoms with Crippen LogP contribution in [0, 0.1) is 17.0 Å². The van der Waals surface area contributed by atoms with Gasteiger partial charge >= 0.3 is 0 Å². The summed E-state index contributed by atoms with van der Waals surface area (Å²) in [7, 11) is 0. The summed E-state index contributed by atoms with van der Waals surface area (Å²) < 4.78 is 1.59. The smallest absolute Gasteiger partial charge is 0.295 e. The number of non-ortho nitro benzene ring substituents is 1. The van der Waals surface area contributed by atoms with Gasteiger partial charge in [-0.1, -0.05) is 24.0 Å². The van der Waals surface area contributed by atoms with Crippen molar-refractivity contribution in [2.75, 3.05) is 26.2 Å². The fraction of sp³-hybridized carbons (Fsp3) is 0.320. The summed E-state index contributed by atoms with van der Waals surface area (Å²) >= 11 is 0. The first-order chi connectivity index (χ1) is 16.8. The Morgan fingerprint density at radius 3 is 2.57 bits per heavy atom. The zero-order valence-electron chi connectivity index (χ0n) is 19.9. The number of nitrogens with one attached hydrogen (secondary N) is 1. The van der Waals surface area contributed by atoms with Gasteiger partial charge in [0.1, 0.15) is 5.65 Å². The molecule has 3 aromatic rings. The average Bonchev–Trinajstić information content (AvgIpc) is 3.32. The minimum Gasteiger partial charge on any atom is -0.871 e. The molecule has 1 atom stereocenters. The highest BCUT2D eigenvalue weighted by Gasteiger charge is 2.45. The molecule has 182 valence electrons. The lowest BCUT2D eigenvalue weighted by molar-refractivity contribution is -0.895. The molecule has 10 nitrogen and oxygen atoms in total. The number of Topliss-reactive ketones (excluding diaryl/α,β-unsaturated/α-hetero) is 1. The van der Waals surface area contributed by atoms with Crippen LogP contribution < -0.4 is 10.0 Å². The number of nitro groups is 1. The van der Waals surface area contributed by atoms with E-state index in [2.05, 4.69) is 4.98 Å². The highest BCUT2D eigenvalue weighted by Crippen LogP contribution is 2.39. The van der Waals surface area contributed by atoms with Crippen LogP contribution in [0.25, 0.3) is 11.4 Å². The van der Waals surface area contributed by atoms with E-state index < -0.39 is 28.4 Å². The summed E-state index contributed by atoms with van der Waals surface area (Å²) in [5.41, 5.74) is 1.13. The van der Waals surface area contributed by atoms with Crippen LogP contribution in [-0.2, 0) is 9.59 Å². The number of carbonyl (C=O) groups excluding carboxylic acids is 2. The minimum atomic E-state index is -1.02. The van der Waals surface area contributed by atoms with Gasteiger partial charge in [0, 0.05) is 23.9 Å². The standard InChI is InChI=1S/C25H27N5O5/c1-4-27(5-2)13-14-29-22(17-9-8-10-18(15-17)30(34)35)20(24(32)25(29)33)23(31)21-16(3)26-19-11-6-7-12-28(19)21/h6-12,15,22,31H,4-5,13-14H2,1-3H3. The van der Waals surface area contributed by atoms with Crippen LogP contribution in [0.1, 0.15) is 36.8 Å². The van der Waals surface area contributed by atoms with Crippen LogP contribution in [0.4, 0.5) is 5.69 Å². The number of aryl methyl sites for hydroxylation is 1. The Morgan fingerprint density at radius 1 is 1.14 bits per heavy atom. The molecule has 1 fully saturated rings. The SMILES string of the molecule is CC[NH+](CC)CCN1C(=O)C(=O)C(=C([O-])c2c(C)nc3ccccn23)C1c1cccc([N+](=O)[O-])c1. The lowest BCUT2D eigenvalue weighted by Gasteiger charge is -2.28. The van der Waals surface area contributed by atoms with Crippen molar-refractivity contribution >= 4 is 28.8 Å². The lowest BCUT2D eigenvalue weighted by atomic mass is 9.96. The molecule has 2 aromatic heterocycles. The molecule has 4 rings (SSSR count).